The van der Waals surface area contributed by atoms with Crippen molar-refractivity contribution >= 4 is 17.4 Å². The molecule has 0 fully saturated rings. The molecule has 0 aromatic carbocycles. The first kappa shape index (κ1) is 17.6. The number of H-pyrrole nitrogens is 1. The molecule has 0 saturated heterocycles. The molecule has 4 aromatic rings. The van der Waals surface area contributed by atoms with E-state index in [-0.39, 0.29) is 0 Å². The molecule has 0 amide bonds. The average molecular weight is 390 g/mol. The molecule has 12 nitrogen and oxygen atoms in total. The monoisotopic (exact) mass is 390 g/mol. The third-order valence-corrected chi connectivity index (χ3v) is 5.03. The summed E-state index contributed by atoms with van der Waals surface area (Å²) >= 11 is 1.41. The highest BCUT2D eigenvalue weighted by Crippen LogP contribution is 2.32. The van der Waals surface area contributed by atoms with E-state index in [4.69, 9.17) is 4.89 Å². The van der Waals surface area contributed by atoms with Gasteiger partial charge in [-0.2, -0.15) is 9.61 Å². The average Bonchev–Trinajstić information content (AvgIpc) is 3.37. The molecule has 0 atom stereocenters. The van der Waals surface area contributed by atoms with Crippen molar-refractivity contribution in [1.82, 2.24) is 49.8 Å². The van der Waals surface area contributed by atoms with Gasteiger partial charge in [0, 0.05) is 11.4 Å². The third-order valence-electron chi connectivity index (χ3n) is 3.86. The number of rotatable bonds is 7. The first-order valence-corrected chi connectivity index (χ1v) is 8.97. The first-order chi connectivity index (χ1) is 13.1. The van der Waals surface area contributed by atoms with Crippen molar-refractivity contribution in [2.75, 3.05) is 13.7 Å². The number of tetrazole rings is 1. The number of nitrogens with zero attached hydrogens (tertiary/aromatic N) is 9. The second kappa shape index (κ2) is 7.09. The quantitative estimate of drug-likeness (QED) is 0.278. The predicted molar refractivity (Wildman–Crippen MR) is 93.6 cm³/mol. The van der Waals surface area contributed by atoms with E-state index in [1.165, 1.54) is 18.9 Å². The SMILES string of the molecule is COOCCn1nnnc1Sc1c(C)[nH]n2c(-n3nc(C)cc3C)nnc12. The van der Waals surface area contributed by atoms with Gasteiger partial charge in [0.1, 0.15) is 6.61 Å². The van der Waals surface area contributed by atoms with Crippen LogP contribution in [0, 0.1) is 20.8 Å². The van der Waals surface area contributed by atoms with Crippen molar-refractivity contribution in [1.29, 1.82) is 0 Å². The Morgan fingerprint density at radius 2 is 2.04 bits per heavy atom. The minimum absolute atomic E-state index is 0.337. The molecule has 0 radical (unpaired) electrons. The van der Waals surface area contributed by atoms with Crippen LogP contribution in [0.1, 0.15) is 17.1 Å². The molecule has 0 spiro atoms. The Labute approximate surface area is 157 Å². The number of aromatic nitrogens is 10. The van der Waals surface area contributed by atoms with E-state index in [0.717, 1.165) is 22.0 Å². The number of aryl methyl sites for hydroxylation is 3. The van der Waals surface area contributed by atoms with E-state index in [1.54, 1.807) is 13.9 Å². The molecule has 4 rings (SSSR count). The summed E-state index contributed by atoms with van der Waals surface area (Å²) in [5.41, 5.74) is 3.50. The molecular formula is C14H18N10O2S. The highest BCUT2D eigenvalue weighted by atomic mass is 32.2. The fraction of sp³-hybridized carbons (Fsp3) is 0.429. The Balaban J connectivity index is 1.67. The van der Waals surface area contributed by atoms with E-state index in [2.05, 4.69) is 40.8 Å². The number of aromatic amines is 1. The van der Waals surface area contributed by atoms with Crippen LogP contribution in [0.4, 0.5) is 0 Å². The van der Waals surface area contributed by atoms with Gasteiger partial charge in [-0.3, -0.25) is 5.10 Å². The van der Waals surface area contributed by atoms with E-state index >= 15 is 0 Å². The van der Waals surface area contributed by atoms with E-state index in [0.29, 0.717) is 29.9 Å². The number of hydrogen-bond donors (Lipinski definition) is 1. The second-order valence-electron chi connectivity index (χ2n) is 5.84. The van der Waals surface area contributed by atoms with Crippen LogP contribution >= 0.6 is 11.8 Å². The standard InChI is InChI=1S/C14H18N10O2S/c1-8-7-9(2)23(18-8)13-16-15-12-11(10(3)19-24(12)13)27-14-17-20-21-22(14)5-6-26-25-4/h7,19H,5-6H2,1-4H3. The summed E-state index contributed by atoms with van der Waals surface area (Å²) in [4.78, 5) is 10.4. The molecule has 0 saturated carbocycles. The molecule has 0 aliphatic rings. The third kappa shape index (κ3) is 3.20. The molecule has 1 N–H and O–H groups in total. The Hall–Kier alpha value is -2.77. The largest absolute Gasteiger partial charge is 0.293 e. The topological polar surface area (TPSA) is 126 Å². The zero-order valence-corrected chi connectivity index (χ0v) is 16.1. The van der Waals surface area contributed by atoms with E-state index in [1.807, 2.05) is 26.8 Å². The first-order valence-electron chi connectivity index (χ1n) is 8.15. The van der Waals surface area contributed by atoms with Gasteiger partial charge in [0.05, 0.1) is 24.2 Å². The highest BCUT2D eigenvalue weighted by Gasteiger charge is 2.21. The molecule has 4 heterocycles. The molecule has 0 aliphatic heterocycles. The van der Waals surface area contributed by atoms with Crippen LogP contribution in [0.25, 0.3) is 11.6 Å². The lowest BCUT2D eigenvalue weighted by Crippen LogP contribution is -2.08. The summed E-state index contributed by atoms with van der Waals surface area (Å²) in [5.74, 6) is 0.596. The highest BCUT2D eigenvalue weighted by molar-refractivity contribution is 7.99. The van der Waals surface area contributed by atoms with Gasteiger partial charge in [0.25, 0.3) is 5.95 Å². The Morgan fingerprint density at radius 1 is 1.19 bits per heavy atom. The fourth-order valence-corrected chi connectivity index (χ4v) is 3.63. The van der Waals surface area contributed by atoms with Gasteiger partial charge >= 0.3 is 0 Å². The maximum atomic E-state index is 4.89. The van der Waals surface area contributed by atoms with Gasteiger partial charge in [0.15, 0.2) is 5.65 Å². The lowest BCUT2D eigenvalue weighted by Gasteiger charge is -2.03. The van der Waals surface area contributed by atoms with Crippen molar-refractivity contribution in [2.24, 2.45) is 0 Å². The fourth-order valence-electron chi connectivity index (χ4n) is 2.71. The molecular weight excluding hydrogens is 372 g/mol. The zero-order chi connectivity index (χ0) is 19.0. The maximum Gasteiger partial charge on any atom is 0.271 e. The van der Waals surface area contributed by atoms with Crippen LogP contribution in [0.5, 0.6) is 0 Å². The van der Waals surface area contributed by atoms with Crippen molar-refractivity contribution in [2.45, 2.75) is 37.4 Å². The Bertz CT molecular complexity index is 1080. The van der Waals surface area contributed by atoms with Gasteiger partial charge in [-0.05, 0) is 49.0 Å². The van der Waals surface area contributed by atoms with Gasteiger partial charge in [-0.15, -0.1) is 15.3 Å². The molecule has 4 aromatic heterocycles. The van der Waals surface area contributed by atoms with Crippen LogP contribution < -0.4 is 0 Å². The smallest absolute Gasteiger partial charge is 0.271 e. The van der Waals surface area contributed by atoms with Crippen molar-refractivity contribution in [3.05, 3.63) is 23.1 Å². The van der Waals surface area contributed by atoms with Gasteiger partial charge in [-0.25, -0.2) is 19.1 Å². The lowest BCUT2D eigenvalue weighted by atomic mass is 10.4. The van der Waals surface area contributed by atoms with Crippen molar-refractivity contribution in [3.8, 4) is 5.95 Å². The molecule has 0 unspecified atom stereocenters. The number of nitrogens with one attached hydrogen (secondary N) is 1. The van der Waals surface area contributed by atoms with E-state index < -0.39 is 0 Å². The van der Waals surface area contributed by atoms with Crippen molar-refractivity contribution in [3.63, 3.8) is 0 Å². The minimum Gasteiger partial charge on any atom is -0.293 e. The molecule has 0 bridgehead atoms. The lowest BCUT2D eigenvalue weighted by molar-refractivity contribution is -0.274. The van der Waals surface area contributed by atoms with Crippen LogP contribution in [0.2, 0.25) is 0 Å². The Kier molecular flexibility index (Phi) is 4.63. The van der Waals surface area contributed by atoms with Gasteiger partial charge < -0.3 is 0 Å². The van der Waals surface area contributed by atoms with Crippen LogP contribution in [-0.2, 0) is 16.3 Å². The second-order valence-corrected chi connectivity index (χ2v) is 6.82. The van der Waals surface area contributed by atoms with Gasteiger partial charge in [0.2, 0.25) is 5.16 Å². The minimum atomic E-state index is 0.337. The summed E-state index contributed by atoms with van der Waals surface area (Å²) in [5, 5.41) is 28.8. The molecule has 27 heavy (non-hydrogen) atoms. The summed E-state index contributed by atoms with van der Waals surface area (Å²) in [6.07, 6.45) is 0. The van der Waals surface area contributed by atoms with Crippen LogP contribution in [-0.4, -0.2) is 63.5 Å². The van der Waals surface area contributed by atoms with Crippen LogP contribution in [0.3, 0.4) is 0 Å². The van der Waals surface area contributed by atoms with Crippen molar-refractivity contribution < 1.29 is 9.78 Å². The molecule has 0 aliphatic carbocycles. The molecule has 142 valence electrons. The summed E-state index contributed by atoms with van der Waals surface area (Å²) in [7, 11) is 1.46. The maximum absolute atomic E-state index is 4.89. The van der Waals surface area contributed by atoms with Gasteiger partial charge in [-0.1, -0.05) is 0 Å². The van der Waals surface area contributed by atoms with E-state index in [9.17, 15) is 0 Å². The summed E-state index contributed by atoms with van der Waals surface area (Å²) in [6, 6.07) is 1.99. The number of fused-ring (bicyclic) bond motifs is 1. The Morgan fingerprint density at radius 3 is 2.78 bits per heavy atom. The summed E-state index contributed by atoms with van der Waals surface area (Å²) in [6.45, 7) is 6.68. The predicted octanol–water partition coefficient (Wildman–Crippen LogP) is 0.884. The molecule has 13 heteroatoms. The summed E-state index contributed by atoms with van der Waals surface area (Å²) < 4.78 is 5.20. The normalized spacial score (nSPS) is 11.7. The number of hydrogen-bond acceptors (Lipinski definition) is 9. The van der Waals surface area contributed by atoms with Crippen LogP contribution in [0.15, 0.2) is 16.1 Å². The zero-order valence-electron chi connectivity index (χ0n) is 15.2.